The smallest absolute Gasteiger partial charge is 0.410 e. The first-order chi connectivity index (χ1) is 14.2. The maximum absolute atomic E-state index is 12.1. The van der Waals surface area contributed by atoms with Crippen molar-refractivity contribution in [2.75, 3.05) is 46.8 Å². The summed E-state index contributed by atoms with van der Waals surface area (Å²) in [5.41, 5.74) is -0.487. The van der Waals surface area contributed by atoms with Gasteiger partial charge in [-0.1, -0.05) is 6.92 Å². The van der Waals surface area contributed by atoms with E-state index in [4.69, 9.17) is 9.15 Å². The van der Waals surface area contributed by atoms with Gasteiger partial charge in [0.15, 0.2) is 5.96 Å². The van der Waals surface area contributed by atoms with Crippen LogP contribution in [0.4, 0.5) is 4.79 Å². The Labute approximate surface area is 204 Å². The molecule has 2 rings (SSSR count). The summed E-state index contributed by atoms with van der Waals surface area (Å²) in [6.07, 6.45) is 3.89. The average molecular weight is 549 g/mol. The summed E-state index contributed by atoms with van der Waals surface area (Å²) in [7, 11) is 3.53. The van der Waals surface area contributed by atoms with Crippen molar-refractivity contribution in [2.45, 2.75) is 52.2 Å². The number of hydrogen-bond donors (Lipinski definition) is 2. The molecule has 178 valence electrons. The summed E-state index contributed by atoms with van der Waals surface area (Å²) in [5, 5.41) is 6.79. The molecule has 0 radical (unpaired) electrons. The van der Waals surface area contributed by atoms with Crippen LogP contribution in [0.25, 0.3) is 0 Å². The molecule has 0 aromatic carbocycles. The standard InChI is InChI=1S/C22H39N5O3.HI/c1-17(16-26(6)21(28)30-22(2,3)4)14-24-20(23-5)25-15-18(19-10-9-13-29-19)27-11-7-8-12-27;/h9-10,13,17-18H,7-8,11-12,14-16H2,1-6H3,(H2,23,24,25);1H. The fraction of sp³-hybridized carbons (Fsp3) is 0.727. The van der Waals surface area contributed by atoms with Gasteiger partial charge in [-0.05, 0) is 64.8 Å². The van der Waals surface area contributed by atoms with Gasteiger partial charge >= 0.3 is 6.09 Å². The quantitative estimate of drug-likeness (QED) is 0.293. The van der Waals surface area contributed by atoms with Crippen molar-refractivity contribution in [1.29, 1.82) is 0 Å². The SMILES string of the molecule is CN=C(NCC(C)CN(C)C(=O)OC(C)(C)C)NCC(c1ccco1)N1CCCC1.I. The minimum atomic E-state index is -0.487. The van der Waals surface area contributed by atoms with Gasteiger partial charge in [-0.15, -0.1) is 24.0 Å². The summed E-state index contributed by atoms with van der Waals surface area (Å²) >= 11 is 0. The van der Waals surface area contributed by atoms with Crippen LogP contribution in [0.2, 0.25) is 0 Å². The Morgan fingerprint density at radius 1 is 1.29 bits per heavy atom. The zero-order chi connectivity index (χ0) is 22.1. The Bertz CT molecular complexity index is 669. The van der Waals surface area contributed by atoms with Gasteiger partial charge in [0.05, 0.1) is 12.3 Å². The lowest BCUT2D eigenvalue weighted by atomic mass is 10.1. The highest BCUT2D eigenvalue weighted by molar-refractivity contribution is 14.0. The minimum absolute atomic E-state index is 0. The first-order valence-corrected chi connectivity index (χ1v) is 10.9. The second-order valence-electron chi connectivity index (χ2n) is 9.07. The molecular weight excluding hydrogens is 509 g/mol. The van der Waals surface area contributed by atoms with Crippen LogP contribution in [0.3, 0.4) is 0 Å². The molecule has 1 fully saturated rings. The monoisotopic (exact) mass is 549 g/mol. The van der Waals surface area contributed by atoms with Gasteiger partial charge in [-0.3, -0.25) is 9.89 Å². The zero-order valence-corrected chi connectivity index (χ0v) is 22.1. The van der Waals surface area contributed by atoms with Crippen molar-refractivity contribution in [3.8, 4) is 0 Å². The van der Waals surface area contributed by atoms with Crippen LogP contribution in [-0.2, 0) is 4.74 Å². The maximum Gasteiger partial charge on any atom is 0.410 e. The molecule has 1 aliphatic rings. The summed E-state index contributed by atoms with van der Waals surface area (Å²) < 4.78 is 11.1. The molecule has 1 saturated heterocycles. The van der Waals surface area contributed by atoms with Gasteiger partial charge in [0.1, 0.15) is 11.4 Å². The number of amides is 1. The minimum Gasteiger partial charge on any atom is -0.468 e. The van der Waals surface area contributed by atoms with Crippen LogP contribution in [0.5, 0.6) is 0 Å². The molecule has 2 atom stereocenters. The number of aliphatic imine (C=N–C) groups is 1. The molecule has 0 spiro atoms. The maximum atomic E-state index is 12.1. The van der Waals surface area contributed by atoms with Crippen LogP contribution in [-0.4, -0.2) is 74.3 Å². The predicted molar refractivity (Wildman–Crippen MR) is 135 cm³/mol. The van der Waals surface area contributed by atoms with Crippen molar-refractivity contribution in [3.05, 3.63) is 24.2 Å². The zero-order valence-electron chi connectivity index (χ0n) is 19.8. The van der Waals surface area contributed by atoms with Crippen LogP contribution in [0, 0.1) is 5.92 Å². The number of nitrogens with zero attached hydrogens (tertiary/aromatic N) is 3. The van der Waals surface area contributed by atoms with Gasteiger partial charge in [-0.25, -0.2) is 4.79 Å². The molecule has 1 aromatic heterocycles. The Morgan fingerprint density at radius 2 is 1.94 bits per heavy atom. The highest BCUT2D eigenvalue weighted by Crippen LogP contribution is 2.24. The summed E-state index contributed by atoms with van der Waals surface area (Å²) in [5.74, 6) is 1.96. The molecule has 31 heavy (non-hydrogen) atoms. The van der Waals surface area contributed by atoms with Gasteiger partial charge in [0.25, 0.3) is 0 Å². The van der Waals surface area contributed by atoms with Crippen molar-refractivity contribution >= 4 is 36.0 Å². The summed E-state index contributed by atoms with van der Waals surface area (Å²) in [6, 6.07) is 4.17. The number of nitrogens with one attached hydrogen (secondary N) is 2. The van der Waals surface area contributed by atoms with Gasteiger partial charge < -0.3 is 24.7 Å². The number of furan rings is 1. The van der Waals surface area contributed by atoms with Gasteiger partial charge in [-0.2, -0.15) is 0 Å². The molecule has 2 N–H and O–H groups in total. The van der Waals surface area contributed by atoms with E-state index in [0.29, 0.717) is 13.1 Å². The Morgan fingerprint density at radius 3 is 2.48 bits per heavy atom. The molecule has 0 aliphatic carbocycles. The van der Waals surface area contributed by atoms with Crippen molar-refractivity contribution in [2.24, 2.45) is 10.9 Å². The lowest BCUT2D eigenvalue weighted by Crippen LogP contribution is -2.45. The molecule has 1 aromatic rings. The van der Waals surface area contributed by atoms with Crippen molar-refractivity contribution < 1.29 is 13.9 Å². The van der Waals surface area contributed by atoms with Crippen LogP contribution >= 0.6 is 24.0 Å². The number of ether oxygens (including phenoxy) is 1. The number of guanidine groups is 1. The molecule has 1 amide bonds. The molecule has 2 unspecified atom stereocenters. The van der Waals surface area contributed by atoms with E-state index >= 15 is 0 Å². The Kier molecular flexibility index (Phi) is 11.7. The van der Waals surface area contributed by atoms with Crippen LogP contribution < -0.4 is 10.6 Å². The number of likely N-dealkylation sites (tertiary alicyclic amines) is 1. The molecule has 1 aliphatic heterocycles. The summed E-state index contributed by atoms with van der Waals surface area (Å²) in [4.78, 5) is 20.6. The first kappa shape index (κ1) is 27.5. The van der Waals surface area contributed by atoms with Gasteiger partial charge in [0, 0.05) is 33.7 Å². The molecule has 9 heteroatoms. The largest absolute Gasteiger partial charge is 0.468 e. The molecule has 8 nitrogen and oxygen atoms in total. The van der Waals surface area contributed by atoms with Crippen LogP contribution in [0.1, 0.15) is 52.3 Å². The van der Waals surface area contributed by atoms with E-state index in [1.54, 1.807) is 25.3 Å². The number of hydrogen-bond acceptors (Lipinski definition) is 5. The lowest BCUT2D eigenvalue weighted by molar-refractivity contribution is 0.0278. The fourth-order valence-corrected chi connectivity index (χ4v) is 3.58. The van der Waals surface area contributed by atoms with E-state index in [1.165, 1.54) is 12.8 Å². The van der Waals surface area contributed by atoms with E-state index in [-0.39, 0.29) is 42.0 Å². The normalized spacial score (nSPS) is 16.9. The van der Waals surface area contributed by atoms with Crippen molar-refractivity contribution in [3.63, 3.8) is 0 Å². The molecule has 0 saturated carbocycles. The average Bonchev–Trinajstić information content (AvgIpc) is 3.37. The Hall–Kier alpha value is -1.49. The number of carbonyl (C=O) groups excluding carboxylic acids is 1. The van der Waals surface area contributed by atoms with E-state index in [1.807, 2.05) is 32.9 Å². The van der Waals surface area contributed by atoms with Crippen LogP contribution in [0.15, 0.2) is 27.8 Å². The highest BCUT2D eigenvalue weighted by Gasteiger charge is 2.26. The first-order valence-electron chi connectivity index (χ1n) is 10.9. The lowest BCUT2D eigenvalue weighted by Gasteiger charge is -2.28. The third kappa shape index (κ3) is 9.67. The predicted octanol–water partition coefficient (Wildman–Crippen LogP) is 3.70. The number of rotatable bonds is 8. The molecular formula is C22H40IN5O3. The molecule has 0 bridgehead atoms. The highest BCUT2D eigenvalue weighted by atomic mass is 127. The summed E-state index contributed by atoms with van der Waals surface area (Å²) in [6.45, 7) is 11.9. The topological polar surface area (TPSA) is 82.3 Å². The Balaban J connectivity index is 0.00000480. The van der Waals surface area contributed by atoms with Crippen molar-refractivity contribution in [1.82, 2.24) is 20.4 Å². The number of halogens is 1. The number of carbonyl (C=O) groups is 1. The second-order valence-corrected chi connectivity index (χ2v) is 9.07. The molecule has 2 heterocycles. The van der Waals surface area contributed by atoms with E-state index in [0.717, 1.165) is 31.4 Å². The fourth-order valence-electron chi connectivity index (χ4n) is 3.58. The third-order valence-corrected chi connectivity index (χ3v) is 5.05. The second kappa shape index (κ2) is 13.1. The van der Waals surface area contributed by atoms with E-state index in [9.17, 15) is 4.79 Å². The third-order valence-electron chi connectivity index (χ3n) is 5.05. The van der Waals surface area contributed by atoms with Gasteiger partial charge in [0.2, 0.25) is 0 Å². The van der Waals surface area contributed by atoms with E-state index in [2.05, 4.69) is 27.4 Å². The van der Waals surface area contributed by atoms with E-state index < -0.39 is 5.60 Å².